The van der Waals surface area contributed by atoms with Crippen LogP contribution in [0.5, 0.6) is 0 Å². The normalized spacial score (nSPS) is 15.2. The fourth-order valence-corrected chi connectivity index (χ4v) is 14.1. The van der Waals surface area contributed by atoms with E-state index in [0.717, 1.165) is 59.0 Å². The lowest BCUT2D eigenvalue weighted by Crippen LogP contribution is -2.20. The average molecular weight is 1230 g/mol. The van der Waals surface area contributed by atoms with Crippen molar-refractivity contribution in [3.05, 3.63) is 236 Å². The van der Waals surface area contributed by atoms with Gasteiger partial charge in [-0.3, -0.25) is 0 Å². The van der Waals surface area contributed by atoms with Crippen LogP contribution in [0.3, 0.4) is 0 Å². The van der Waals surface area contributed by atoms with Gasteiger partial charge in [-0.25, -0.2) is 19.9 Å². The molecule has 4 aromatic heterocycles. The Kier molecular flexibility index (Phi) is 12.3. The highest BCUT2D eigenvalue weighted by atomic mass is 79.9. The number of nitrogens with zero attached hydrogens (tertiary/aromatic N) is 5. The number of aromatic nitrogens is 6. The summed E-state index contributed by atoms with van der Waals surface area (Å²) in [5, 5.41) is 5.16. The van der Waals surface area contributed by atoms with Gasteiger partial charge < -0.3 is 17.0 Å². The smallest absolute Gasteiger partial charge is 0.0933 e. The quantitative estimate of drug-likeness (QED) is 0.166. The first-order valence-electron chi connectivity index (χ1n) is 26.3. The summed E-state index contributed by atoms with van der Waals surface area (Å²) in [6.07, 6.45) is 0. The Labute approximate surface area is 488 Å². The maximum atomic E-state index is 5.38. The topological polar surface area (TPSA) is 72.3 Å². The molecule has 0 aliphatic heterocycles. The van der Waals surface area contributed by atoms with Gasteiger partial charge in [0.1, 0.15) is 0 Å². The molecule has 4 aliphatic rings. The van der Waals surface area contributed by atoms with Gasteiger partial charge in [-0.05, 0) is 95.1 Å². The van der Waals surface area contributed by atoms with Crippen LogP contribution >= 0.6 is 47.8 Å². The molecule has 0 saturated carbocycles. The summed E-state index contributed by atoms with van der Waals surface area (Å²) in [5.41, 5.74) is 23.6. The van der Waals surface area contributed by atoms with E-state index in [1.54, 1.807) is 0 Å². The Bertz CT molecular complexity index is 4320. The number of aromatic amines is 1. The van der Waals surface area contributed by atoms with Crippen LogP contribution in [0.1, 0.15) is 108 Å². The summed E-state index contributed by atoms with van der Waals surface area (Å²) in [6.45, 7) is 18.1. The Balaban J connectivity index is 0.000000131. The fraction of sp³-hybridized carbons (Fsp3) is 0.186. The summed E-state index contributed by atoms with van der Waals surface area (Å²) in [6, 6.07) is 60.4. The van der Waals surface area contributed by atoms with Crippen LogP contribution < -0.4 is 0 Å². The number of hydrogen-bond acceptors (Lipinski definition) is 4. The number of fused-ring (bicyclic) bond motifs is 18. The van der Waals surface area contributed by atoms with Crippen molar-refractivity contribution in [2.75, 3.05) is 0 Å². The van der Waals surface area contributed by atoms with E-state index in [1.165, 1.54) is 93.8 Å². The molecular weight excluding hydrogens is 1160 g/mol. The summed E-state index contributed by atoms with van der Waals surface area (Å²) in [5.74, 6) is 0. The zero-order chi connectivity index (χ0) is 53.1. The molecule has 0 unspecified atom stereocenters. The molecule has 4 heterocycles. The van der Waals surface area contributed by atoms with Crippen LogP contribution in [0.4, 0.5) is 0 Å². The minimum Gasteiger partial charge on any atom is -0.358 e. The molecule has 12 aromatic rings. The molecule has 0 atom stereocenters. The van der Waals surface area contributed by atoms with Gasteiger partial charge in [0.2, 0.25) is 0 Å². The molecule has 0 bridgehead atoms. The van der Waals surface area contributed by atoms with Gasteiger partial charge in [-0.15, -0.1) is 0 Å². The number of H-pyrrole nitrogens is 1. The Morgan fingerprint density at radius 1 is 0.354 bits per heavy atom. The number of nitrogens with one attached hydrogen (secondary N) is 1. The highest BCUT2D eigenvalue weighted by Gasteiger charge is 2.46. The molecule has 6 nitrogen and oxygen atoms in total. The van der Waals surface area contributed by atoms with Gasteiger partial charge in [0, 0.05) is 95.6 Å². The molecule has 0 radical (unpaired) electrons. The number of halogens is 3. The van der Waals surface area contributed by atoms with Crippen LogP contribution in [0.25, 0.3) is 94.3 Å². The summed E-state index contributed by atoms with van der Waals surface area (Å²) in [4.78, 5) is 24.5. The zero-order valence-electron chi connectivity index (χ0n) is 45.0. The van der Waals surface area contributed by atoms with E-state index in [9.17, 15) is 0 Å². The van der Waals surface area contributed by atoms with Gasteiger partial charge >= 0.3 is 0 Å². The first kappa shape index (κ1) is 52.6. The van der Waals surface area contributed by atoms with Crippen molar-refractivity contribution in [1.82, 2.24) is 29.5 Å². The minimum atomic E-state index is -0.260. The molecule has 0 saturated heterocycles. The molecule has 9 heteroatoms. The third-order valence-electron chi connectivity index (χ3n) is 17.1. The van der Waals surface area contributed by atoms with Crippen LogP contribution in [0, 0.1) is 7.43 Å². The van der Waals surface area contributed by atoms with E-state index in [0.29, 0.717) is 0 Å². The lowest BCUT2D eigenvalue weighted by Gasteiger charge is -2.22. The molecule has 0 amide bonds. The zero-order valence-corrected chi connectivity index (χ0v) is 49.8. The van der Waals surface area contributed by atoms with E-state index >= 15 is 0 Å². The van der Waals surface area contributed by atoms with Crippen molar-refractivity contribution in [3.8, 4) is 50.7 Å². The standard InChI is InChI=1S/C34H26BrN3.C22H18Br2N2.C12H9N.CH4.CH3/c1-33(2)25-17-19(35)13-15-23(25)29-31(33)37-30-24-16-14-20(18-26(24)34(3,4)32(30)36-29)38-27-11-7-5-9-21(27)22-10-6-8-12-28(22)38;1-21(2)15-9-11(23)5-7-13(15)17-19(21)25-18-14-8-6-12(24)10-16(14)22(3,4)20(18)26-17;1-3-7-11-9(5-1)10-6-2-4-8-12(10)13-11;;/h5-18H,1-4H3;5-10H,1-4H3;1-8,13H;1H4;1H3/q;;;;-1. The molecular formula is C70H60Br3N6-. The Hall–Kier alpha value is -7.04. The van der Waals surface area contributed by atoms with Gasteiger partial charge in [-0.2, -0.15) is 0 Å². The summed E-state index contributed by atoms with van der Waals surface area (Å²) < 4.78 is 5.68. The molecule has 79 heavy (non-hydrogen) atoms. The van der Waals surface area contributed by atoms with Crippen molar-refractivity contribution in [2.45, 2.75) is 84.5 Å². The molecule has 0 spiro atoms. The second-order valence-electron chi connectivity index (χ2n) is 23.1. The highest BCUT2D eigenvalue weighted by Crippen LogP contribution is 2.56. The van der Waals surface area contributed by atoms with Crippen LogP contribution in [-0.2, 0) is 21.7 Å². The van der Waals surface area contributed by atoms with Crippen LogP contribution in [-0.4, -0.2) is 29.5 Å². The van der Waals surface area contributed by atoms with Gasteiger partial charge in [0.05, 0.1) is 56.6 Å². The molecule has 0 fully saturated rings. The van der Waals surface area contributed by atoms with E-state index in [-0.39, 0.29) is 36.5 Å². The van der Waals surface area contributed by atoms with E-state index < -0.39 is 0 Å². The van der Waals surface area contributed by atoms with E-state index in [1.807, 2.05) is 0 Å². The largest absolute Gasteiger partial charge is 0.358 e. The first-order chi connectivity index (χ1) is 36.9. The maximum absolute atomic E-state index is 5.38. The molecule has 1 N–H and O–H groups in total. The number of para-hydroxylation sites is 4. The summed E-state index contributed by atoms with van der Waals surface area (Å²) >= 11 is 10.9. The Morgan fingerprint density at radius 2 is 0.646 bits per heavy atom. The number of benzene rings is 8. The minimum absolute atomic E-state index is 0. The lowest BCUT2D eigenvalue weighted by atomic mass is 9.84. The van der Waals surface area contributed by atoms with Gasteiger partial charge in [-0.1, -0.05) is 208 Å². The molecule has 392 valence electrons. The lowest BCUT2D eigenvalue weighted by molar-refractivity contribution is 0.617. The molecule has 16 rings (SSSR count). The summed E-state index contributed by atoms with van der Waals surface area (Å²) in [7, 11) is 0. The van der Waals surface area contributed by atoms with Gasteiger partial charge in [0.15, 0.2) is 0 Å². The average Bonchev–Trinajstić information content (AvgIpc) is 4.39. The van der Waals surface area contributed by atoms with Crippen molar-refractivity contribution in [1.29, 1.82) is 0 Å². The number of rotatable bonds is 1. The molecule has 8 aromatic carbocycles. The Morgan fingerprint density at radius 3 is 1.00 bits per heavy atom. The van der Waals surface area contributed by atoms with Crippen molar-refractivity contribution in [3.63, 3.8) is 0 Å². The fourth-order valence-electron chi connectivity index (χ4n) is 13.0. The molecule has 4 aliphatic carbocycles. The van der Waals surface area contributed by atoms with Crippen LogP contribution in [0.15, 0.2) is 183 Å². The van der Waals surface area contributed by atoms with Crippen molar-refractivity contribution < 1.29 is 0 Å². The van der Waals surface area contributed by atoms with E-state index in [2.05, 4.69) is 283 Å². The first-order valence-corrected chi connectivity index (χ1v) is 28.7. The SMILES string of the molecule is C.CC1(C)c2cc(Br)ccc2-c2nc3c(nc21)-c1ccc(-n2c4ccccc4c4ccccc42)cc1C3(C)C.CC1(C)c2cc(Br)ccc2-c2nc3c(nc21)-c1ccc(Br)cc1C3(C)C.[CH3-].c1ccc2c(c1)[nH]c1ccccc12. The predicted molar refractivity (Wildman–Crippen MR) is 341 cm³/mol. The second kappa shape index (κ2) is 18.5. The third kappa shape index (κ3) is 7.73. The van der Waals surface area contributed by atoms with Crippen molar-refractivity contribution >= 4 is 91.4 Å². The predicted octanol–water partition coefficient (Wildman–Crippen LogP) is 20.0. The monoisotopic (exact) mass is 1220 g/mol. The van der Waals surface area contributed by atoms with Crippen LogP contribution in [0.2, 0.25) is 0 Å². The highest BCUT2D eigenvalue weighted by molar-refractivity contribution is 9.11. The van der Waals surface area contributed by atoms with Crippen molar-refractivity contribution in [2.24, 2.45) is 0 Å². The van der Waals surface area contributed by atoms with E-state index in [4.69, 9.17) is 19.9 Å². The number of hydrogen-bond donors (Lipinski definition) is 1. The maximum Gasteiger partial charge on any atom is 0.0933 e. The third-order valence-corrected chi connectivity index (χ3v) is 18.6. The van der Waals surface area contributed by atoms with Gasteiger partial charge in [0.25, 0.3) is 0 Å². The second-order valence-corrected chi connectivity index (χ2v) is 25.9.